The first-order valence-electron chi connectivity index (χ1n) is 15.6. The number of nitrogens with one attached hydrogen (secondary N) is 1. The highest BCUT2D eigenvalue weighted by Gasteiger charge is 2.42. The predicted octanol–water partition coefficient (Wildman–Crippen LogP) is 8.39. The number of benzene rings is 5. The summed E-state index contributed by atoms with van der Waals surface area (Å²) in [5.74, 6) is 0.386. The van der Waals surface area contributed by atoms with Crippen molar-refractivity contribution >= 4 is 23.2 Å². The number of hydrogen-bond acceptors (Lipinski definition) is 5. The van der Waals surface area contributed by atoms with E-state index in [0.29, 0.717) is 17.2 Å². The second kappa shape index (κ2) is 13.4. The van der Waals surface area contributed by atoms with E-state index in [-0.39, 0.29) is 17.5 Å². The second-order valence-corrected chi connectivity index (χ2v) is 11.9. The van der Waals surface area contributed by atoms with E-state index < -0.39 is 5.54 Å². The molecule has 2 heterocycles. The largest absolute Gasteiger partial charge is 0.326 e. The third kappa shape index (κ3) is 5.99. The molecule has 0 aliphatic rings. The first-order valence-corrected chi connectivity index (χ1v) is 16.0. The van der Waals surface area contributed by atoms with Crippen LogP contribution in [0, 0.1) is 6.92 Å². The van der Waals surface area contributed by atoms with E-state index in [1.54, 1.807) is 6.07 Å². The lowest BCUT2D eigenvalue weighted by molar-refractivity contribution is -0.115. The molecule has 0 unspecified atom stereocenters. The number of carbonyl (C=O) groups excluding carboxylic acids is 1. The van der Waals surface area contributed by atoms with Crippen LogP contribution in [-0.2, 0) is 16.8 Å². The number of rotatable bonds is 9. The van der Waals surface area contributed by atoms with Gasteiger partial charge >= 0.3 is 0 Å². The van der Waals surface area contributed by atoms with E-state index in [1.165, 1.54) is 0 Å². The van der Waals surface area contributed by atoms with Gasteiger partial charge in [-0.1, -0.05) is 157 Å². The van der Waals surface area contributed by atoms with Crippen LogP contribution < -0.4 is 5.32 Å². The Hall–Kier alpha value is -5.92. The normalized spacial score (nSPS) is 11.3. The van der Waals surface area contributed by atoms with Crippen molar-refractivity contribution in [2.75, 3.05) is 5.32 Å². The summed E-state index contributed by atoms with van der Waals surface area (Å²) >= 11 is 6.57. The molecule has 0 saturated carbocycles. The molecule has 5 aromatic carbocycles. The Labute approximate surface area is 283 Å². The van der Waals surface area contributed by atoms with E-state index >= 15 is 0 Å². The fourth-order valence-corrected chi connectivity index (χ4v) is 6.40. The molecule has 1 amide bonds. The summed E-state index contributed by atoms with van der Waals surface area (Å²) in [6.07, 6.45) is 0.238. The van der Waals surface area contributed by atoms with E-state index in [0.717, 1.165) is 38.9 Å². The topological polar surface area (TPSA) is 85.6 Å². The molecule has 48 heavy (non-hydrogen) atoms. The molecule has 8 heteroatoms. The summed E-state index contributed by atoms with van der Waals surface area (Å²) < 4.78 is 1.89. The number of anilines is 1. The number of aromatic nitrogens is 5. The zero-order valence-electron chi connectivity index (χ0n) is 26.2. The molecule has 234 valence electrons. The van der Waals surface area contributed by atoms with Gasteiger partial charge in [-0.15, -0.1) is 5.10 Å². The first-order chi connectivity index (χ1) is 23.5. The maximum atomic E-state index is 13.0. The van der Waals surface area contributed by atoms with Gasteiger partial charge in [0.2, 0.25) is 5.91 Å². The minimum absolute atomic E-state index is 0.150. The molecule has 0 aliphatic heterocycles. The van der Waals surface area contributed by atoms with Crippen LogP contribution in [0.15, 0.2) is 152 Å². The van der Waals surface area contributed by atoms with Gasteiger partial charge < -0.3 is 5.32 Å². The highest BCUT2D eigenvalue weighted by molar-refractivity contribution is 6.30. The molecule has 7 rings (SSSR count). The number of amides is 1. The van der Waals surface area contributed by atoms with Gasteiger partial charge in [0.15, 0.2) is 5.82 Å². The molecular formula is C40H31ClN6O. The average molecular weight is 647 g/mol. The Morgan fingerprint density at radius 1 is 0.708 bits per heavy atom. The van der Waals surface area contributed by atoms with Gasteiger partial charge in [0.1, 0.15) is 10.7 Å². The smallest absolute Gasteiger partial charge is 0.228 e. The Balaban J connectivity index is 1.36. The zero-order chi connectivity index (χ0) is 32.9. The lowest BCUT2D eigenvalue weighted by atomic mass is 9.77. The summed E-state index contributed by atoms with van der Waals surface area (Å²) in [7, 11) is 0. The number of pyridine rings is 1. The predicted molar refractivity (Wildman–Crippen MR) is 190 cm³/mol. The van der Waals surface area contributed by atoms with Crippen LogP contribution in [0.2, 0.25) is 5.15 Å². The van der Waals surface area contributed by atoms with Gasteiger partial charge in [-0.25, -0.2) is 9.67 Å². The van der Waals surface area contributed by atoms with Gasteiger partial charge in [0, 0.05) is 16.8 Å². The van der Waals surface area contributed by atoms with Crippen LogP contribution in [0.4, 0.5) is 5.69 Å². The number of tetrazole rings is 1. The lowest BCUT2D eigenvalue weighted by Gasteiger charge is -2.36. The highest BCUT2D eigenvalue weighted by atomic mass is 35.5. The third-order valence-corrected chi connectivity index (χ3v) is 8.56. The van der Waals surface area contributed by atoms with Crippen molar-refractivity contribution in [1.29, 1.82) is 0 Å². The fraction of sp³-hybridized carbons (Fsp3) is 0.0750. The molecule has 0 fully saturated rings. The van der Waals surface area contributed by atoms with Gasteiger partial charge in [0.25, 0.3) is 0 Å². The van der Waals surface area contributed by atoms with Gasteiger partial charge in [-0.05, 0) is 51.7 Å². The maximum absolute atomic E-state index is 13.0. The maximum Gasteiger partial charge on any atom is 0.228 e. The molecule has 7 nitrogen and oxygen atoms in total. The number of carbonyl (C=O) groups is 1. The Kier molecular flexibility index (Phi) is 8.60. The number of hydrogen-bond donors (Lipinski definition) is 1. The molecule has 0 atom stereocenters. The van der Waals surface area contributed by atoms with Crippen LogP contribution >= 0.6 is 11.6 Å². The zero-order valence-corrected chi connectivity index (χ0v) is 26.9. The van der Waals surface area contributed by atoms with Crippen molar-refractivity contribution in [2.24, 2.45) is 0 Å². The van der Waals surface area contributed by atoms with Gasteiger partial charge in [0.05, 0.1) is 12.1 Å². The molecule has 0 bridgehead atoms. The summed E-state index contributed by atoms with van der Waals surface area (Å²) in [5.41, 5.74) is 6.75. The van der Waals surface area contributed by atoms with Crippen molar-refractivity contribution in [1.82, 2.24) is 25.2 Å². The van der Waals surface area contributed by atoms with E-state index in [9.17, 15) is 4.79 Å². The van der Waals surface area contributed by atoms with Crippen molar-refractivity contribution in [3.63, 3.8) is 0 Å². The molecule has 0 saturated heterocycles. The molecule has 2 aromatic heterocycles. The summed E-state index contributed by atoms with van der Waals surface area (Å²) in [5, 5.41) is 16.8. The monoisotopic (exact) mass is 646 g/mol. The number of halogens is 1. The lowest BCUT2D eigenvalue weighted by Crippen LogP contribution is -2.39. The standard InChI is InChI=1S/C40H31ClN6O/c1-28-21-23-29(24-22-28)25-38(48)42-33-26-36(43-37(41)27-33)34-19-11-12-20-35(34)39-44-45-46-47(39)40(30-13-5-2-6-14-30,31-15-7-3-8-16-31)32-17-9-4-10-18-32/h2-24,26-27H,25H2,1H3,(H,42,43,48). The van der Waals surface area contributed by atoms with Gasteiger partial charge in [-0.2, -0.15) is 0 Å². The van der Waals surface area contributed by atoms with Crippen LogP contribution in [0.5, 0.6) is 0 Å². The molecule has 0 radical (unpaired) electrons. The van der Waals surface area contributed by atoms with Gasteiger partial charge in [-0.3, -0.25) is 4.79 Å². The molecular weight excluding hydrogens is 616 g/mol. The minimum atomic E-state index is -0.924. The number of aryl methyl sites for hydroxylation is 1. The quantitative estimate of drug-likeness (QED) is 0.126. The molecule has 0 spiro atoms. The van der Waals surface area contributed by atoms with Crippen LogP contribution in [0.25, 0.3) is 22.6 Å². The third-order valence-electron chi connectivity index (χ3n) is 8.37. The highest BCUT2D eigenvalue weighted by Crippen LogP contribution is 2.43. The summed E-state index contributed by atoms with van der Waals surface area (Å²) in [6.45, 7) is 2.02. The van der Waals surface area contributed by atoms with Crippen molar-refractivity contribution in [2.45, 2.75) is 18.9 Å². The van der Waals surface area contributed by atoms with Crippen LogP contribution in [0.1, 0.15) is 27.8 Å². The SMILES string of the molecule is Cc1ccc(CC(=O)Nc2cc(Cl)nc(-c3ccccc3-c3nnnn3C(c3ccccc3)(c3ccccc3)c3ccccc3)c2)cc1. The molecule has 1 N–H and O–H groups in total. The average Bonchev–Trinajstić information content (AvgIpc) is 3.61. The summed E-state index contributed by atoms with van der Waals surface area (Å²) in [6, 6.07) is 50.0. The first kappa shape index (κ1) is 30.7. The van der Waals surface area contributed by atoms with E-state index in [1.807, 2.05) is 121 Å². The van der Waals surface area contributed by atoms with Crippen LogP contribution in [0.3, 0.4) is 0 Å². The second-order valence-electron chi connectivity index (χ2n) is 11.5. The van der Waals surface area contributed by atoms with E-state index in [4.69, 9.17) is 16.8 Å². The van der Waals surface area contributed by atoms with Crippen molar-refractivity contribution in [3.8, 4) is 22.6 Å². The van der Waals surface area contributed by atoms with Crippen molar-refractivity contribution < 1.29 is 4.79 Å². The van der Waals surface area contributed by atoms with E-state index in [2.05, 4.69) is 57.0 Å². The van der Waals surface area contributed by atoms with Crippen molar-refractivity contribution in [3.05, 3.63) is 185 Å². The summed E-state index contributed by atoms with van der Waals surface area (Å²) in [4.78, 5) is 17.7. The molecule has 0 aliphatic carbocycles. The minimum Gasteiger partial charge on any atom is -0.326 e. The molecule has 7 aromatic rings. The fourth-order valence-electron chi connectivity index (χ4n) is 6.19. The van der Waals surface area contributed by atoms with Crippen LogP contribution in [-0.4, -0.2) is 31.1 Å². The Bertz CT molecular complexity index is 2070. The Morgan fingerprint density at radius 2 is 1.25 bits per heavy atom. The number of nitrogens with zero attached hydrogens (tertiary/aromatic N) is 5. The Morgan fingerprint density at radius 3 is 1.83 bits per heavy atom.